The van der Waals surface area contributed by atoms with E-state index in [2.05, 4.69) is 6.92 Å². The van der Waals surface area contributed by atoms with Gasteiger partial charge < -0.3 is 18.9 Å². The van der Waals surface area contributed by atoms with Gasteiger partial charge >= 0.3 is 5.97 Å². The summed E-state index contributed by atoms with van der Waals surface area (Å²) < 4.78 is 24.8. The van der Waals surface area contributed by atoms with Gasteiger partial charge in [-0.15, -0.1) is 0 Å². The van der Waals surface area contributed by atoms with Gasteiger partial charge in [0, 0.05) is 5.92 Å². The molecule has 178 valence electrons. The van der Waals surface area contributed by atoms with Crippen LogP contribution in [0.5, 0.6) is 0 Å². The Kier molecular flexibility index (Phi) is 8.47. The van der Waals surface area contributed by atoms with Crippen molar-refractivity contribution in [1.29, 1.82) is 0 Å². The molecule has 0 aromatic heterocycles. The van der Waals surface area contributed by atoms with Crippen molar-refractivity contribution in [2.45, 2.75) is 51.5 Å². The van der Waals surface area contributed by atoms with Crippen LogP contribution in [-0.2, 0) is 32.2 Å². The van der Waals surface area contributed by atoms with Crippen molar-refractivity contribution in [2.75, 3.05) is 6.61 Å². The quantitative estimate of drug-likeness (QED) is 0.398. The van der Waals surface area contributed by atoms with Crippen molar-refractivity contribution in [3.8, 4) is 0 Å². The molecule has 34 heavy (non-hydrogen) atoms. The fourth-order valence-electron chi connectivity index (χ4n) is 4.19. The second-order valence-corrected chi connectivity index (χ2v) is 8.73. The molecule has 0 N–H and O–H groups in total. The molecule has 1 heterocycles. The van der Waals surface area contributed by atoms with Crippen molar-refractivity contribution >= 4 is 5.97 Å². The third-order valence-electron chi connectivity index (χ3n) is 6.30. The Labute approximate surface area is 201 Å². The lowest BCUT2D eigenvalue weighted by molar-refractivity contribution is -0.234. The molecular formula is C29H32O5. The smallest absolute Gasteiger partial charge is 0.338 e. The summed E-state index contributed by atoms with van der Waals surface area (Å²) in [6.45, 7) is 5.14. The molecule has 5 atom stereocenters. The van der Waals surface area contributed by atoms with E-state index >= 15 is 0 Å². The number of ether oxygens (including phenoxy) is 4. The largest absolute Gasteiger partial charge is 0.459 e. The van der Waals surface area contributed by atoms with Gasteiger partial charge in [-0.1, -0.05) is 85.8 Å². The summed E-state index contributed by atoms with van der Waals surface area (Å²) in [5, 5.41) is 0. The zero-order valence-corrected chi connectivity index (χ0v) is 19.7. The van der Waals surface area contributed by atoms with E-state index in [1.807, 2.05) is 85.8 Å². The van der Waals surface area contributed by atoms with Gasteiger partial charge in [-0.2, -0.15) is 0 Å². The van der Waals surface area contributed by atoms with Crippen LogP contribution in [0.4, 0.5) is 0 Å². The molecule has 2 unspecified atom stereocenters. The average molecular weight is 461 g/mol. The Hall–Kier alpha value is -2.99. The average Bonchev–Trinajstić information content (AvgIpc) is 2.89. The minimum atomic E-state index is -0.441. The minimum absolute atomic E-state index is 0.0715. The highest BCUT2D eigenvalue weighted by molar-refractivity contribution is 5.89. The maximum absolute atomic E-state index is 12.6. The highest BCUT2D eigenvalue weighted by atomic mass is 16.6. The van der Waals surface area contributed by atoms with Gasteiger partial charge in [0.1, 0.15) is 18.8 Å². The van der Waals surface area contributed by atoms with Gasteiger partial charge in [0.2, 0.25) is 0 Å². The molecule has 3 aromatic carbocycles. The molecule has 0 aliphatic carbocycles. The molecule has 1 saturated heterocycles. The van der Waals surface area contributed by atoms with E-state index < -0.39 is 12.2 Å². The number of benzene rings is 3. The van der Waals surface area contributed by atoms with E-state index in [1.165, 1.54) is 0 Å². The number of hydrogen-bond donors (Lipinski definition) is 0. The number of hydrogen-bond acceptors (Lipinski definition) is 5. The third-order valence-corrected chi connectivity index (χ3v) is 6.30. The third kappa shape index (κ3) is 6.32. The maximum Gasteiger partial charge on any atom is 0.338 e. The summed E-state index contributed by atoms with van der Waals surface area (Å²) in [6, 6.07) is 29.1. The molecule has 3 aromatic rings. The van der Waals surface area contributed by atoms with Gasteiger partial charge in [-0.3, -0.25) is 0 Å². The minimum Gasteiger partial charge on any atom is -0.459 e. The molecular weight excluding hydrogens is 428 g/mol. The summed E-state index contributed by atoms with van der Waals surface area (Å²) >= 11 is 0. The van der Waals surface area contributed by atoms with Crippen LogP contribution in [0.1, 0.15) is 35.3 Å². The van der Waals surface area contributed by atoms with Crippen LogP contribution < -0.4 is 0 Å². The highest BCUT2D eigenvalue weighted by Gasteiger charge is 2.44. The Bertz CT molecular complexity index is 1010. The van der Waals surface area contributed by atoms with Gasteiger partial charge in [-0.25, -0.2) is 4.79 Å². The van der Waals surface area contributed by atoms with Crippen molar-refractivity contribution in [2.24, 2.45) is 5.92 Å². The number of esters is 1. The Balaban J connectivity index is 1.49. The SMILES string of the molecule is CC1[C@@H](C)OC(COC(=O)c2ccccc2)[C@@H](OCc2ccccc2)[C@H]1OCc1ccccc1. The van der Waals surface area contributed by atoms with Gasteiger partial charge in [0.15, 0.2) is 0 Å². The highest BCUT2D eigenvalue weighted by Crippen LogP contribution is 2.32. The van der Waals surface area contributed by atoms with E-state index in [4.69, 9.17) is 18.9 Å². The second kappa shape index (κ2) is 11.9. The molecule has 4 rings (SSSR count). The molecule has 5 heteroatoms. The zero-order chi connectivity index (χ0) is 23.8. The first-order chi connectivity index (χ1) is 16.6. The molecule has 0 saturated carbocycles. The molecule has 1 fully saturated rings. The first kappa shape index (κ1) is 24.1. The molecule has 1 aliphatic rings. The van der Waals surface area contributed by atoms with Crippen LogP contribution >= 0.6 is 0 Å². The first-order valence-corrected chi connectivity index (χ1v) is 11.8. The standard InChI is InChI=1S/C29H32O5/c1-21-22(2)34-26(20-33-29(30)25-16-10-5-11-17-25)28(32-19-24-14-8-4-9-15-24)27(21)31-18-23-12-6-3-7-13-23/h3-17,21-22,26-28H,18-20H2,1-2H3/t21?,22-,26?,27+,28-/m1/s1. The lowest BCUT2D eigenvalue weighted by Crippen LogP contribution is -2.56. The summed E-state index contributed by atoms with van der Waals surface area (Å²) in [5.74, 6) is -0.274. The van der Waals surface area contributed by atoms with Crippen LogP contribution in [-0.4, -0.2) is 37.0 Å². The molecule has 0 bridgehead atoms. The maximum atomic E-state index is 12.6. The molecule has 0 spiro atoms. The van der Waals surface area contributed by atoms with E-state index in [0.29, 0.717) is 18.8 Å². The summed E-state index contributed by atoms with van der Waals surface area (Å²) in [7, 11) is 0. The summed E-state index contributed by atoms with van der Waals surface area (Å²) in [4.78, 5) is 12.6. The first-order valence-electron chi connectivity index (χ1n) is 11.8. The number of carbonyl (C=O) groups is 1. The normalized spacial score (nSPS) is 24.5. The van der Waals surface area contributed by atoms with Crippen molar-refractivity contribution in [3.05, 3.63) is 108 Å². The molecule has 1 aliphatic heterocycles. The Morgan fingerprint density at radius 1 is 0.735 bits per heavy atom. The summed E-state index contributed by atoms with van der Waals surface area (Å²) in [6.07, 6.45) is -1.12. The molecule has 0 radical (unpaired) electrons. The van der Waals surface area contributed by atoms with Crippen LogP contribution in [0.15, 0.2) is 91.0 Å². The van der Waals surface area contributed by atoms with Crippen molar-refractivity contribution in [3.63, 3.8) is 0 Å². The van der Waals surface area contributed by atoms with Gasteiger partial charge in [0.25, 0.3) is 0 Å². The number of carbonyl (C=O) groups excluding carboxylic acids is 1. The molecule has 5 nitrogen and oxygen atoms in total. The van der Waals surface area contributed by atoms with E-state index in [0.717, 1.165) is 11.1 Å². The fraction of sp³-hybridized carbons (Fsp3) is 0.345. The van der Waals surface area contributed by atoms with E-state index in [9.17, 15) is 4.79 Å². The Morgan fingerprint density at radius 3 is 1.79 bits per heavy atom. The van der Waals surface area contributed by atoms with Crippen molar-refractivity contribution in [1.82, 2.24) is 0 Å². The lowest BCUT2D eigenvalue weighted by atomic mass is 9.88. The predicted molar refractivity (Wildman–Crippen MR) is 130 cm³/mol. The van der Waals surface area contributed by atoms with Crippen molar-refractivity contribution < 1.29 is 23.7 Å². The molecule has 0 amide bonds. The van der Waals surface area contributed by atoms with Crippen LogP contribution in [0.25, 0.3) is 0 Å². The monoisotopic (exact) mass is 460 g/mol. The van der Waals surface area contributed by atoms with Crippen LogP contribution in [0.2, 0.25) is 0 Å². The van der Waals surface area contributed by atoms with E-state index in [1.54, 1.807) is 12.1 Å². The number of rotatable bonds is 9. The topological polar surface area (TPSA) is 54.0 Å². The van der Waals surface area contributed by atoms with E-state index in [-0.39, 0.29) is 30.7 Å². The fourth-order valence-corrected chi connectivity index (χ4v) is 4.19. The zero-order valence-electron chi connectivity index (χ0n) is 19.7. The Morgan fingerprint density at radius 2 is 1.24 bits per heavy atom. The van der Waals surface area contributed by atoms with Gasteiger partial charge in [0.05, 0.1) is 31.0 Å². The summed E-state index contributed by atoms with van der Waals surface area (Å²) in [5.41, 5.74) is 2.68. The predicted octanol–water partition coefficient (Wildman–Crippen LogP) is 5.44. The van der Waals surface area contributed by atoms with Gasteiger partial charge in [-0.05, 0) is 30.2 Å². The second-order valence-electron chi connectivity index (χ2n) is 8.73. The van der Waals surface area contributed by atoms with Crippen LogP contribution in [0, 0.1) is 5.92 Å². The lowest BCUT2D eigenvalue weighted by Gasteiger charge is -2.44. The van der Waals surface area contributed by atoms with Crippen LogP contribution in [0.3, 0.4) is 0 Å².